The highest BCUT2D eigenvalue weighted by atomic mass is 79.9. The molecular weight excluding hydrogens is 620 g/mol. The lowest BCUT2D eigenvalue weighted by atomic mass is 10.0. The summed E-state index contributed by atoms with van der Waals surface area (Å²) < 4.78 is 7.79. The molecule has 4 aromatic carbocycles. The molecule has 0 spiro atoms. The Morgan fingerprint density at radius 3 is 2.33 bits per heavy atom. The molecule has 1 atom stereocenters. The molecule has 7 heteroatoms. The summed E-state index contributed by atoms with van der Waals surface area (Å²) in [5.74, 6) is 0.159. The van der Waals surface area contributed by atoms with E-state index in [0.29, 0.717) is 18.7 Å². The number of carbonyl (C=O) groups excluding carboxylic acids is 2. The molecule has 0 fully saturated rings. The maximum absolute atomic E-state index is 13.8. The predicted molar refractivity (Wildman–Crippen MR) is 164 cm³/mol. The van der Waals surface area contributed by atoms with Crippen LogP contribution in [0, 0.1) is 0 Å². The fraction of sp³-hybridized carbons (Fsp3) is 0.250. The first-order valence-electron chi connectivity index (χ1n) is 13.1. The monoisotopic (exact) mass is 650 g/mol. The number of ether oxygens (including phenoxy) is 1. The minimum Gasteiger partial charge on any atom is -0.483 e. The molecular formula is C32H32Br2N2O3. The van der Waals surface area contributed by atoms with Gasteiger partial charge in [0.2, 0.25) is 5.91 Å². The van der Waals surface area contributed by atoms with Gasteiger partial charge in [-0.2, -0.15) is 0 Å². The number of fused-ring (bicyclic) bond motifs is 1. The van der Waals surface area contributed by atoms with Crippen LogP contribution < -0.4 is 10.1 Å². The molecule has 4 rings (SSSR count). The summed E-state index contributed by atoms with van der Waals surface area (Å²) in [6, 6.07) is 28.7. The molecule has 39 heavy (non-hydrogen) atoms. The number of amides is 2. The summed E-state index contributed by atoms with van der Waals surface area (Å²) >= 11 is 7.12. The average molecular weight is 652 g/mol. The highest BCUT2D eigenvalue weighted by molar-refractivity contribution is 9.11. The van der Waals surface area contributed by atoms with E-state index in [1.807, 2.05) is 91.0 Å². The van der Waals surface area contributed by atoms with Crippen LogP contribution in [0.25, 0.3) is 10.8 Å². The molecule has 0 aliphatic carbocycles. The van der Waals surface area contributed by atoms with E-state index in [1.54, 1.807) is 4.90 Å². The van der Waals surface area contributed by atoms with E-state index in [0.717, 1.165) is 43.7 Å². The molecule has 1 unspecified atom stereocenters. The zero-order valence-corrected chi connectivity index (χ0v) is 25.1. The highest BCUT2D eigenvalue weighted by Crippen LogP contribution is 2.33. The first-order chi connectivity index (χ1) is 19.0. The number of rotatable bonds is 12. The van der Waals surface area contributed by atoms with Crippen molar-refractivity contribution in [1.82, 2.24) is 10.2 Å². The lowest BCUT2D eigenvalue weighted by Crippen LogP contribution is -2.51. The van der Waals surface area contributed by atoms with Crippen LogP contribution in [0.15, 0.2) is 99.9 Å². The van der Waals surface area contributed by atoms with E-state index in [9.17, 15) is 9.59 Å². The van der Waals surface area contributed by atoms with Crippen molar-refractivity contribution in [2.45, 2.75) is 38.8 Å². The lowest BCUT2D eigenvalue weighted by molar-refractivity contribution is -0.142. The number of nitrogens with one attached hydrogen (secondary N) is 1. The Bertz CT molecular complexity index is 1390. The minimum atomic E-state index is -0.691. The topological polar surface area (TPSA) is 58.6 Å². The molecule has 0 heterocycles. The van der Waals surface area contributed by atoms with Crippen molar-refractivity contribution < 1.29 is 14.3 Å². The Hall–Kier alpha value is -3.16. The number of benzene rings is 4. The van der Waals surface area contributed by atoms with Crippen molar-refractivity contribution in [3.05, 3.63) is 111 Å². The van der Waals surface area contributed by atoms with Gasteiger partial charge in [0.25, 0.3) is 5.91 Å². The van der Waals surface area contributed by atoms with Gasteiger partial charge in [0, 0.05) is 24.0 Å². The quantitative estimate of drug-likeness (QED) is 0.164. The van der Waals surface area contributed by atoms with Crippen molar-refractivity contribution in [2.75, 3.05) is 13.2 Å². The summed E-state index contributed by atoms with van der Waals surface area (Å²) in [5, 5.41) is 5.13. The molecule has 5 nitrogen and oxygen atoms in total. The molecule has 1 N–H and O–H groups in total. The zero-order chi connectivity index (χ0) is 27.6. The Kier molecular flexibility index (Phi) is 10.6. The summed E-state index contributed by atoms with van der Waals surface area (Å²) in [4.78, 5) is 29.0. The summed E-state index contributed by atoms with van der Waals surface area (Å²) in [7, 11) is 0. The first kappa shape index (κ1) is 28.8. The second-order valence-electron chi connectivity index (χ2n) is 9.39. The normalized spacial score (nSPS) is 11.7. The second kappa shape index (κ2) is 14.3. The second-order valence-corrected chi connectivity index (χ2v) is 11.1. The van der Waals surface area contributed by atoms with Crippen molar-refractivity contribution >= 4 is 54.4 Å². The SMILES string of the molecule is CCCCNC(=O)C(Cc1ccccc1)N(Cc1ccc(Br)cc1)C(=O)COc1ccc2ccccc2c1Br. The highest BCUT2D eigenvalue weighted by Gasteiger charge is 2.30. The zero-order valence-electron chi connectivity index (χ0n) is 21.9. The van der Waals surface area contributed by atoms with E-state index >= 15 is 0 Å². The van der Waals surface area contributed by atoms with E-state index < -0.39 is 6.04 Å². The van der Waals surface area contributed by atoms with Gasteiger partial charge in [-0.05, 0) is 62.4 Å². The number of halogens is 2. The molecule has 4 aromatic rings. The number of nitrogens with zero attached hydrogens (tertiary/aromatic N) is 1. The molecule has 0 radical (unpaired) electrons. The van der Waals surface area contributed by atoms with Crippen molar-refractivity contribution in [1.29, 1.82) is 0 Å². The lowest BCUT2D eigenvalue weighted by Gasteiger charge is -2.31. The standard InChI is InChI=1S/C32H32Br2N2O3/c1-2-3-19-35-32(38)28(20-23-9-5-4-6-10-23)36(21-24-13-16-26(33)17-14-24)30(37)22-39-29-18-15-25-11-7-8-12-27(25)31(29)34/h4-18,28H,2-3,19-22H2,1H3,(H,35,38). The predicted octanol–water partition coefficient (Wildman–Crippen LogP) is 7.30. The summed E-state index contributed by atoms with van der Waals surface area (Å²) in [5.41, 5.74) is 1.91. The Labute approximate surface area is 246 Å². The largest absolute Gasteiger partial charge is 0.483 e. The molecule has 0 aliphatic rings. The van der Waals surface area contributed by atoms with Gasteiger partial charge in [-0.3, -0.25) is 9.59 Å². The van der Waals surface area contributed by atoms with Crippen molar-refractivity contribution in [3.63, 3.8) is 0 Å². The van der Waals surface area contributed by atoms with Gasteiger partial charge in [0.1, 0.15) is 11.8 Å². The summed E-state index contributed by atoms with van der Waals surface area (Å²) in [6.45, 7) is 2.74. The van der Waals surface area contributed by atoms with Crippen LogP contribution >= 0.6 is 31.9 Å². The van der Waals surface area contributed by atoms with Crippen molar-refractivity contribution in [2.24, 2.45) is 0 Å². The number of hydrogen-bond donors (Lipinski definition) is 1. The van der Waals surface area contributed by atoms with Crippen LogP contribution in [0.1, 0.15) is 30.9 Å². The van der Waals surface area contributed by atoms with Gasteiger partial charge >= 0.3 is 0 Å². The molecule has 0 aliphatic heterocycles. The van der Waals surface area contributed by atoms with Gasteiger partial charge < -0.3 is 15.0 Å². The third-order valence-electron chi connectivity index (χ3n) is 6.55. The Morgan fingerprint density at radius 2 is 1.59 bits per heavy atom. The number of hydrogen-bond acceptors (Lipinski definition) is 3. The van der Waals surface area contributed by atoms with Gasteiger partial charge in [-0.25, -0.2) is 0 Å². The average Bonchev–Trinajstić information content (AvgIpc) is 2.96. The van der Waals surface area contributed by atoms with Crippen molar-refractivity contribution in [3.8, 4) is 5.75 Å². The third kappa shape index (κ3) is 7.93. The fourth-order valence-corrected chi connectivity index (χ4v) is 5.27. The van der Waals surface area contributed by atoms with E-state index in [-0.39, 0.29) is 25.0 Å². The molecule has 2 amide bonds. The Morgan fingerprint density at radius 1 is 0.872 bits per heavy atom. The van der Waals surface area contributed by atoms with Crippen LogP contribution in [0.3, 0.4) is 0 Å². The molecule has 0 aromatic heterocycles. The molecule has 0 saturated carbocycles. The minimum absolute atomic E-state index is 0.162. The molecule has 202 valence electrons. The van der Waals surface area contributed by atoms with Crippen LogP contribution in [0.5, 0.6) is 5.75 Å². The Balaban J connectivity index is 1.61. The van der Waals surface area contributed by atoms with Gasteiger partial charge in [-0.1, -0.05) is 102 Å². The third-order valence-corrected chi connectivity index (χ3v) is 7.89. The number of carbonyl (C=O) groups is 2. The smallest absolute Gasteiger partial charge is 0.261 e. The van der Waals surface area contributed by atoms with E-state index in [4.69, 9.17) is 4.74 Å². The fourth-order valence-electron chi connectivity index (χ4n) is 4.39. The summed E-state index contributed by atoms with van der Waals surface area (Å²) in [6.07, 6.45) is 2.25. The first-order valence-corrected chi connectivity index (χ1v) is 14.7. The maximum Gasteiger partial charge on any atom is 0.261 e. The molecule has 0 bridgehead atoms. The van der Waals surface area contributed by atoms with Gasteiger partial charge in [0.05, 0.1) is 4.47 Å². The van der Waals surface area contributed by atoms with E-state index in [2.05, 4.69) is 44.1 Å². The van der Waals surface area contributed by atoms with Crippen LogP contribution in [0.2, 0.25) is 0 Å². The molecule has 0 saturated heterocycles. The van der Waals surface area contributed by atoms with E-state index in [1.165, 1.54) is 0 Å². The van der Waals surface area contributed by atoms with Crippen LogP contribution in [0.4, 0.5) is 0 Å². The van der Waals surface area contributed by atoms with Crippen LogP contribution in [-0.2, 0) is 22.6 Å². The van der Waals surface area contributed by atoms with Gasteiger partial charge in [0.15, 0.2) is 6.61 Å². The number of unbranched alkanes of at least 4 members (excludes halogenated alkanes) is 1. The van der Waals surface area contributed by atoms with Crippen LogP contribution in [-0.4, -0.2) is 35.9 Å². The maximum atomic E-state index is 13.8. The van der Waals surface area contributed by atoms with Gasteiger partial charge in [-0.15, -0.1) is 0 Å².